The van der Waals surface area contributed by atoms with E-state index in [1.807, 2.05) is 0 Å². The van der Waals surface area contributed by atoms with Gasteiger partial charge in [-0.2, -0.15) is 0 Å². The number of aliphatic hydroxyl groups excluding tert-OH is 1. The minimum absolute atomic E-state index is 0.115. The molecule has 1 aromatic carbocycles. The highest BCUT2D eigenvalue weighted by molar-refractivity contribution is 5.99. The van der Waals surface area contributed by atoms with Crippen molar-refractivity contribution >= 4 is 17.4 Å². The number of Topliss-reactive ketones (excluding diaryl/α,β-unsaturated/α-hetero) is 1. The van der Waals surface area contributed by atoms with Crippen LogP contribution in [0.5, 0.6) is 5.75 Å². The Balaban J connectivity index is 2.11. The molecule has 0 aliphatic carbocycles. The monoisotopic (exact) mass is 308 g/mol. The molecule has 3 N–H and O–H groups in total. The fourth-order valence-corrected chi connectivity index (χ4v) is 2.27. The van der Waals surface area contributed by atoms with Gasteiger partial charge >= 0.3 is 5.97 Å². The van der Waals surface area contributed by atoms with Gasteiger partial charge in [0.05, 0.1) is 24.9 Å². The topological polar surface area (TPSA) is 99.1 Å². The molecule has 7 nitrogen and oxygen atoms in total. The quantitative estimate of drug-likeness (QED) is 0.615. The van der Waals surface area contributed by atoms with Crippen LogP contribution in [0.3, 0.4) is 0 Å². The van der Waals surface area contributed by atoms with Crippen molar-refractivity contribution in [2.24, 2.45) is 0 Å². The summed E-state index contributed by atoms with van der Waals surface area (Å²) in [7, 11) is 0. The number of aliphatic carboxylic acids is 1. The number of nitrogens with zero attached hydrogens (tertiary/aromatic N) is 1. The van der Waals surface area contributed by atoms with E-state index in [0.29, 0.717) is 36.7 Å². The third-order valence-corrected chi connectivity index (χ3v) is 3.29. The van der Waals surface area contributed by atoms with Crippen LogP contribution in [-0.2, 0) is 4.79 Å². The van der Waals surface area contributed by atoms with Crippen molar-refractivity contribution in [3.63, 3.8) is 0 Å². The maximum atomic E-state index is 12.1. The van der Waals surface area contributed by atoms with E-state index < -0.39 is 12.1 Å². The Morgan fingerprint density at radius 3 is 2.91 bits per heavy atom. The van der Waals surface area contributed by atoms with Crippen LogP contribution in [0.4, 0.5) is 5.69 Å². The first-order chi connectivity index (χ1) is 10.5. The largest absolute Gasteiger partial charge is 0.490 e. The van der Waals surface area contributed by atoms with E-state index in [1.165, 1.54) is 0 Å². The molecule has 1 atom stereocenters. The van der Waals surface area contributed by atoms with Crippen LogP contribution < -0.4 is 15.0 Å². The molecule has 1 aromatic rings. The maximum absolute atomic E-state index is 12.1. The van der Waals surface area contributed by atoms with Gasteiger partial charge in [-0.25, -0.2) is 0 Å². The van der Waals surface area contributed by atoms with Gasteiger partial charge in [0.2, 0.25) is 0 Å². The van der Waals surface area contributed by atoms with Crippen LogP contribution in [0.2, 0.25) is 0 Å². The Labute approximate surface area is 128 Å². The van der Waals surface area contributed by atoms with Gasteiger partial charge < -0.3 is 25.2 Å². The lowest BCUT2D eigenvalue weighted by Gasteiger charge is -2.30. The summed E-state index contributed by atoms with van der Waals surface area (Å²) in [5, 5.41) is 21.0. The highest BCUT2D eigenvalue weighted by Gasteiger charge is 2.21. The van der Waals surface area contributed by atoms with Crippen molar-refractivity contribution in [3.05, 3.63) is 23.8 Å². The van der Waals surface area contributed by atoms with Gasteiger partial charge in [-0.1, -0.05) is 0 Å². The van der Waals surface area contributed by atoms with E-state index in [9.17, 15) is 9.59 Å². The number of rotatable bonds is 7. The van der Waals surface area contributed by atoms with Crippen LogP contribution in [0.15, 0.2) is 18.2 Å². The zero-order valence-corrected chi connectivity index (χ0v) is 12.4. The second kappa shape index (κ2) is 7.24. The SMILES string of the molecule is CC(O)CNCC(=O)c1ccc2c(c1)N(CC(=O)O)CCO2. The van der Waals surface area contributed by atoms with Crippen molar-refractivity contribution in [1.82, 2.24) is 5.32 Å². The average molecular weight is 308 g/mol. The number of ether oxygens (including phenoxy) is 1. The average Bonchev–Trinajstić information content (AvgIpc) is 2.46. The maximum Gasteiger partial charge on any atom is 0.323 e. The van der Waals surface area contributed by atoms with Crippen molar-refractivity contribution in [2.75, 3.05) is 37.7 Å². The predicted molar refractivity (Wildman–Crippen MR) is 80.7 cm³/mol. The first-order valence-electron chi connectivity index (χ1n) is 7.13. The molecular weight excluding hydrogens is 288 g/mol. The van der Waals surface area contributed by atoms with Gasteiger partial charge in [0.1, 0.15) is 18.9 Å². The van der Waals surface area contributed by atoms with Gasteiger partial charge in [0.25, 0.3) is 0 Å². The molecule has 1 unspecified atom stereocenters. The third-order valence-electron chi connectivity index (χ3n) is 3.29. The molecule has 120 valence electrons. The number of carboxylic acids is 1. The zero-order chi connectivity index (χ0) is 16.1. The number of anilines is 1. The number of benzene rings is 1. The molecule has 0 radical (unpaired) electrons. The smallest absolute Gasteiger partial charge is 0.323 e. The minimum Gasteiger partial charge on any atom is -0.490 e. The second-order valence-electron chi connectivity index (χ2n) is 5.25. The summed E-state index contributed by atoms with van der Waals surface area (Å²) in [6.45, 7) is 2.85. The Hall–Kier alpha value is -2.12. The molecule has 0 bridgehead atoms. The number of ketones is 1. The van der Waals surface area contributed by atoms with E-state index in [0.717, 1.165) is 0 Å². The van der Waals surface area contributed by atoms with Crippen LogP contribution >= 0.6 is 0 Å². The standard InChI is InChI=1S/C15H20N2O5/c1-10(18)7-16-8-13(19)11-2-3-14-12(6-11)17(4-5-22-14)9-15(20)21/h2-3,6,10,16,18H,4-5,7-9H2,1H3,(H,20,21). The number of carboxylic acid groups (broad SMARTS) is 1. The number of hydrogen-bond acceptors (Lipinski definition) is 6. The number of carbonyl (C=O) groups is 2. The molecule has 22 heavy (non-hydrogen) atoms. The lowest BCUT2D eigenvalue weighted by atomic mass is 10.1. The van der Waals surface area contributed by atoms with E-state index in [-0.39, 0.29) is 18.9 Å². The normalized spacial score (nSPS) is 14.9. The molecule has 0 amide bonds. The van der Waals surface area contributed by atoms with Gasteiger partial charge in [-0.15, -0.1) is 0 Å². The highest BCUT2D eigenvalue weighted by Crippen LogP contribution is 2.32. The van der Waals surface area contributed by atoms with Crippen LogP contribution in [-0.4, -0.2) is 60.9 Å². The van der Waals surface area contributed by atoms with E-state index in [4.69, 9.17) is 14.9 Å². The molecule has 0 aromatic heterocycles. The lowest BCUT2D eigenvalue weighted by Crippen LogP contribution is -2.37. The molecule has 1 heterocycles. The van der Waals surface area contributed by atoms with Crippen molar-refractivity contribution in [1.29, 1.82) is 0 Å². The fraction of sp³-hybridized carbons (Fsp3) is 0.467. The van der Waals surface area contributed by atoms with Crippen LogP contribution in [0.1, 0.15) is 17.3 Å². The molecule has 0 fully saturated rings. The molecular formula is C15H20N2O5. The van der Waals surface area contributed by atoms with Crippen molar-refractivity contribution < 1.29 is 24.5 Å². The van der Waals surface area contributed by atoms with E-state index >= 15 is 0 Å². The van der Waals surface area contributed by atoms with Gasteiger partial charge in [-0.3, -0.25) is 9.59 Å². The second-order valence-corrected chi connectivity index (χ2v) is 5.25. The fourth-order valence-electron chi connectivity index (χ4n) is 2.27. The van der Waals surface area contributed by atoms with E-state index in [1.54, 1.807) is 30.0 Å². The number of hydrogen-bond donors (Lipinski definition) is 3. The molecule has 0 spiro atoms. The first-order valence-corrected chi connectivity index (χ1v) is 7.13. The highest BCUT2D eigenvalue weighted by atomic mass is 16.5. The Morgan fingerprint density at radius 2 is 2.23 bits per heavy atom. The summed E-state index contributed by atoms with van der Waals surface area (Å²) in [5.41, 5.74) is 1.10. The molecule has 7 heteroatoms. The Morgan fingerprint density at radius 1 is 1.45 bits per heavy atom. The third kappa shape index (κ3) is 4.19. The van der Waals surface area contributed by atoms with Gasteiger partial charge in [0.15, 0.2) is 5.78 Å². The van der Waals surface area contributed by atoms with E-state index in [2.05, 4.69) is 5.32 Å². The molecule has 0 saturated carbocycles. The van der Waals surface area contributed by atoms with Crippen LogP contribution in [0.25, 0.3) is 0 Å². The summed E-state index contributed by atoms with van der Waals surface area (Å²) >= 11 is 0. The van der Waals surface area contributed by atoms with Crippen LogP contribution in [0, 0.1) is 0 Å². The summed E-state index contributed by atoms with van der Waals surface area (Å²) in [6, 6.07) is 5.00. The number of fused-ring (bicyclic) bond motifs is 1. The Kier molecular flexibility index (Phi) is 5.35. The lowest BCUT2D eigenvalue weighted by molar-refractivity contribution is -0.135. The van der Waals surface area contributed by atoms with Crippen molar-refractivity contribution in [3.8, 4) is 5.75 Å². The molecule has 2 rings (SSSR count). The summed E-state index contributed by atoms with van der Waals surface area (Å²) in [5.74, 6) is -0.464. The molecule has 0 saturated heterocycles. The first kappa shape index (κ1) is 16.3. The number of carbonyl (C=O) groups excluding carboxylic acids is 1. The van der Waals surface area contributed by atoms with Gasteiger partial charge in [0, 0.05) is 12.1 Å². The van der Waals surface area contributed by atoms with Crippen molar-refractivity contribution in [2.45, 2.75) is 13.0 Å². The number of aliphatic hydroxyl groups is 1. The van der Waals surface area contributed by atoms with Gasteiger partial charge in [-0.05, 0) is 25.1 Å². The number of nitrogens with one attached hydrogen (secondary N) is 1. The minimum atomic E-state index is -0.928. The summed E-state index contributed by atoms with van der Waals surface area (Å²) in [4.78, 5) is 24.7. The zero-order valence-electron chi connectivity index (χ0n) is 12.4. The summed E-state index contributed by atoms with van der Waals surface area (Å²) in [6.07, 6.45) is -0.518. The molecule has 1 aliphatic rings. The summed E-state index contributed by atoms with van der Waals surface area (Å²) < 4.78 is 5.49. The predicted octanol–water partition coefficient (Wildman–Crippen LogP) is 0.123. The Bertz CT molecular complexity index is 559. The molecule has 1 aliphatic heterocycles.